The molecule has 0 saturated carbocycles. The number of halogens is 1. The highest BCUT2D eigenvalue weighted by atomic mass is 35.5. The zero-order valence-corrected chi connectivity index (χ0v) is 22.6. The van der Waals surface area contributed by atoms with Crippen molar-refractivity contribution in [1.29, 1.82) is 0 Å². The molecule has 41 heavy (non-hydrogen) atoms. The Hall–Kier alpha value is -4.95. The van der Waals surface area contributed by atoms with Crippen LogP contribution < -0.4 is 9.47 Å². The Bertz CT molecular complexity index is 1770. The fraction of sp³-hybridized carbons (Fsp3) is 0.125. The number of hydrogen-bond acceptors (Lipinski definition) is 7. The first-order valence-electron chi connectivity index (χ1n) is 12.8. The van der Waals surface area contributed by atoms with E-state index < -0.39 is 23.5 Å². The summed E-state index contributed by atoms with van der Waals surface area (Å²) in [4.78, 5) is 28.8. The van der Waals surface area contributed by atoms with Crippen molar-refractivity contribution in [2.45, 2.75) is 19.2 Å². The van der Waals surface area contributed by atoms with Gasteiger partial charge in [0, 0.05) is 16.5 Å². The maximum absolute atomic E-state index is 14.0. The van der Waals surface area contributed by atoms with Gasteiger partial charge in [-0.25, -0.2) is 0 Å². The highest BCUT2D eigenvalue weighted by Crippen LogP contribution is 2.42. The lowest BCUT2D eigenvalue weighted by molar-refractivity contribution is -0.130. The van der Waals surface area contributed by atoms with Crippen molar-refractivity contribution in [2.24, 2.45) is 0 Å². The van der Waals surface area contributed by atoms with Gasteiger partial charge >= 0.3 is 0 Å². The number of carbonyl (C=O) groups is 2. The number of hydrogen-bond donors (Lipinski definition) is 1. The van der Waals surface area contributed by atoms with Crippen LogP contribution in [0.3, 0.4) is 0 Å². The van der Waals surface area contributed by atoms with Crippen LogP contribution in [0.15, 0.2) is 111 Å². The Labute approximate surface area is 240 Å². The second kappa shape index (κ2) is 10.9. The average Bonchev–Trinajstić information content (AvgIpc) is 3.72. The molecule has 1 aliphatic heterocycles. The Balaban J connectivity index is 1.40. The van der Waals surface area contributed by atoms with Crippen molar-refractivity contribution < 1.29 is 33.0 Å². The largest absolute Gasteiger partial charge is 0.503 e. The summed E-state index contributed by atoms with van der Waals surface area (Å²) >= 11 is 6.20. The number of Topliss-reactive ketones (excluding diaryl/α,β-unsaturated/α-hetero) is 1. The SMILES string of the molecule is COc1cc(Cl)cc2cc(C(=O)C3=C(O)C(=O)N(Cc4ccco4)C3c3cccc(OCc4ccccc4)c3)oc12. The zero-order chi connectivity index (χ0) is 28.5. The second-order valence-corrected chi connectivity index (χ2v) is 9.93. The van der Waals surface area contributed by atoms with E-state index in [9.17, 15) is 14.7 Å². The Morgan fingerprint density at radius 2 is 1.85 bits per heavy atom. The number of carbonyl (C=O) groups excluding carboxylic acids is 2. The third kappa shape index (κ3) is 5.05. The molecular weight excluding hydrogens is 546 g/mol. The summed E-state index contributed by atoms with van der Waals surface area (Å²) in [7, 11) is 1.47. The summed E-state index contributed by atoms with van der Waals surface area (Å²) in [5.74, 6) is -0.701. The predicted octanol–water partition coefficient (Wildman–Crippen LogP) is 7.05. The quantitative estimate of drug-likeness (QED) is 0.190. The van der Waals surface area contributed by atoms with Crippen molar-refractivity contribution in [2.75, 3.05) is 7.11 Å². The van der Waals surface area contributed by atoms with E-state index in [2.05, 4.69) is 0 Å². The van der Waals surface area contributed by atoms with Crippen LogP contribution in [0, 0.1) is 0 Å². The Morgan fingerprint density at radius 3 is 2.61 bits per heavy atom. The van der Waals surface area contributed by atoms with Crippen molar-refractivity contribution in [1.82, 2.24) is 4.90 Å². The predicted molar refractivity (Wildman–Crippen MR) is 151 cm³/mol. The second-order valence-electron chi connectivity index (χ2n) is 9.49. The number of ketones is 1. The van der Waals surface area contributed by atoms with Crippen LogP contribution in [0.4, 0.5) is 0 Å². The molecule has 3 heterocycles. The van der Waals surface area contributed by atoms with Crippen LogP contribution in [0.25, 0.3) is 11.0 Å². The number of fused-ring (bicyclic) bond motifs is 1. The Morgan fingerprint density at radius 1 is 1.02 bits per heavy atom. The van der Waals surface area contributed by atoms with Gasteiger partial charge in [0.1, 0.15) is 18.1 Å². The van der Waals surface area contributed by atoms with Crippen molar-refractivity contribution in [3.63, 3.8) is 0 Å². The van der Waals surface area contributed by atoms with E-state index in [1.54, 1.807) is 48.5 Å². The molecular formula is C32H24ClNO7. The van der Waals surface area contributed by atoms with Crippen molar-refractivity contribution in [3.8, 4) is 11.5 Å². The van der Waals surface area contributed by atoms with E-state index >= 15 is 0 Å². The topological polar surface area (TPSA) is 102 Å². The maximum Gasteiger partial charge on any atom is 0.290 e. The van der Waals surface area contributed by atoms with Crippen LogP contribution in [0.5, 0.6) is 11.5 Å². The van der Waals surface area contributed by atoms with Gasteiger partial charge in [-0.2, -0.15) is 0 Å². The molecule has 0 bridgehead atoms. The minimum absolute atomic E-state index is 0.0238. The molecule has 8 nitrogen and oxygen atoms in total. The lowest BCUT2D eigenvalue weighted by atomic mass is 9.94. The minimum atomic E-state index is -0.945. The van der Waals surface area contributed by atoms with E-state index in [-0.39, 0.29) is 17.9 Å². The fourth-order valence-corrected chi connectivity index (χ4v) is 5.18. The highest BCUT2D eigenvalue weighted by molar-refractivity contribution is 6.31. The molecule has 1 unspecified atom stereocenters. The number of methoxy groups -OCH3 is 1. The third-order valence-electron chi connectivity index (χ3n) is 6.87. The minimum Gasteiger partial charge on any atom is -0.503 e. The van der Waals surface area contributed by atoms with Crippen LogP contribution in [-0.2, 0) is 17.9 Å². The summed E-state index contributed by atoms with van der Waals surface area (Å²) in [6.07, 6.45) is 1.50. The fourth-order valence-electron chi connectivity index (χ4n) is 4.96. The standard InChI is InChI=1S/C32H24ClNO7/c1-38-26-16-22(33)13-21-15-25(41-31(21)26)29(35)27-28(34(32(37)30(27)36)17-24-11-6-12-39-24)20-9-5-10-23(14-20)40-18-19-7-3-2-4-8-19/h2-16,28,36H,17-18H2,1H3. The zero-order valence-electron chi connectivity index (χ0n) is 21.9. The number of benzene rings is 3. The lowest BCUT2D eigenvalue weighted by Crippen LogP contribution is -2.30. The number of aliphatic hydroxyl groups is 1. The molecule has 1 aliphatic rings. The van der Waals surface area contributed by atoms with Gasteiger partial charge in [0.2, 0.25) is 5.78 Å². The summed E-state index contributed by atoms with van der Waals surface area (Å²) < 4.78 is 22.7. The first-order chi connectivity index (χ1) is 19.9. The van der Waals surface area contributed by atoms with Crippen LogP contribution >= 0.6 is 11.6 Å². The molecule has 2 aromatic heterocycles. The molecule has 0 aliphatic carbocycles. The molecule has 0 radical (unpaired) electrons. The monoisotopic (exact) mass is 569 g/mol. The number of ether oxygens (including phenoxy) is 2. The van der Waals surface area contributed by atoms with E-state index in [1.165, 1.54) is 24.3 Å². The summed E-state index contributed by atoms with van der Waals surface area (Å²) in [5, 5.41) is 12.0. The molecule has 206 valence electrons. The first-order valence-corrected chi connectivity index (χ1v) is 13.2. The van der Waals surface area contributed by atoms with Crippen molar-refractivity contribution >= 4 is 34.3 Å². The van der Waals surface area contributed by atoms with Gasteiger partial charge in [-0.1, -0.05) is 54.1 Å². The number of furan rings is 2. The Kier molecular flexibility index (Phi) is 6.99. The molecule has 0 saturated heterocycles. The average molecular weight is 570 g/mol. The van der Waals surface area contributed by atoms with Gasteiger partial charge < -0.3 is 28.3 Å². The molecule has 3 aromatic carbocycles. The summed E-state index contributed by atoms with van der Waals surface area (Å²) in [6.45, 7) is 0.357. The van der Waals surface area contributed by atoms with Gasteiger partial charge in [-0.05, 0) is 47.5 Å². The molecule has 0 fully saturated rings. The number of nitrogens with zero attached hydrogens (tertiary/aromatic N) is 1. The molecule has 9 heteroatoms. The number of aliphatic hydroxyl groups excluding tert-OH is 1. The van der Waals surface area contributed by atoms with Crippen LogP contribution in [0.2, 0.25) is 5.02 Å². The third-order valence-corrected chi connectivity index (χ3v) is 7.09. The number of rotatable bonds is 9. The van der Waals surface area contributed by atoms with Gasteiger partial charge in [-0.15, -0.1) is 0 Å². The normalized spacial score (nSPS) is 15.1. The smallest absolute Gasteiger partial charge is 0.290 e. The summed E-state index contributed by atoms with van der Waals surface area (Å²) in [6, 6.07) is 24.0. The summed E-state index contributed by atoms with van der Waals surface area (Å²) in [5.41, 5.74) is 1.76. The highest BCUT2D eigenvalue weighted by Gasteiger charge is 2.45. The number of amides is 1. The van der Waals surface area contributed by atoms with Crippen LogP contribution in [0.1, 0.15) is 33.5 Å². The van der Waals surface area contributed by atoms with Gasteiger partial charge in [-0.3, -0.25) is 9.59 Å². The van der Waals surface area contributed by atoms with E-state index in [4.69, 9.17) is 29.9 Å². The van der Waals surface area contributed by atoms with Crippen LogP contribution in [-0.4, -0.2) is 28.8 Å². The van der Waals surface area contributed by atoms with E-state index in [0.29, 0.717) is 45.4 Å². The molecule has 1 atom stereocenters. The van der Waals surface area contributed by atoms with Gasteiger partial charge in [0.25, 0.3) is 5.91 Å². The van der Waals surface area contributed by atoms with E-state index in [0.717, 1.165) is 5.56 Å². The first kappa shape index (κ1) is 26.3. The van der Waals surface area contributed by atoms with Gasteiger partial charge in [0.15, 0.2) is 22.9 Å². The lowest BCUT2D eigenvalue weighted by Gasteiger charge is -2.26. The molecule has 0 spiro atoms. The molecule has 1 N–H and O–H groups in total. The molecule has 1 amide bonds. The van der Waals surface area contributed by atoms with Gasteiger partial charge in [0.05, 0.1) is 31.5 Å². The molecule has 5 aromatic rings. The molecule has 6 rings (SSSR count). The van der Waals surface area contributed by atoms with E-state index in [1.807, 2.05) is 30.3 Å². The van der Waals surface area contributed by atoms with Crippen molar-refractivity contribution in [3.05, 3.63) is 130 Å². The maximum atomic E-state index is 14.0.